The summed E-state index contributed by atoms with van der Waals surface area (Å²) < 4.78 is 10.5. The molecule has 0 amide bonds. The fourth-order valence-electron chi connectivity index (χ4n) is 1.71. The Morgan fingerprint density at radius 3 is 2.59 bits per heavy atom. The Morgan fingerprint density at radius 2 is 1.95 bits per heavy atom. The van der Waals surface area contributed by atoms with Crippen molar-refractivity contribution in [2.45, 2.75) is 6.92 Å². The van der Waals surface area contributed by atoms with Gasteiger partial charge >= 0.3 is 5.97 Å². The molecule has 0 aliphatic heterocycles. The standard InChI is InChI=1S/C15H16N4O3/c1-2-21-14(20)11-5-3-10(4-6-11)13-8-7-12(22-13)9-18-19-15(16)17/h3-9H,2H2,1H3,(H4,16,17,19)/b18-9-. The third-order valence-corrected chi connectivity index (χ3v) is 2.67. The van der Waals surface area contributed by atoms with Crippen LogP contribution in [0.25, 0.3) is 11.3 Å². The van der Waals surface area contributed by atoms with Crippen molar-refractivity contribution in [2.75, 3.05) is 6.61 Å². The van der Waals surface area contributed by atoms with Crippen LogP contribution < -0.4 is 11.5 Å². The van der Waals surface area contributed by atoms with Gasteiger partial charge in [-0.3, -0.25) is 0 Å². The summed E-state index contributed by atoms with van der Waals surface area (Å²) in [6.45, 7) is 2.11. The van der Waals surface area contributed by atoms with Gasteiger partial charge in [-0.25, -0.2) is 4.79 Å². The highest BCUT2D eigenvalue weighted by Gasteiger charge is 2.08. The van der Waals surface area contributed by atoms with Crippen LogP contribution in [0.1, 0.15) is 23.0 Å². The molecule has 0 bridgehead atoms. The van der Waals surface area contributed by atoms with Gasteiger partial charge in [0.05, 0.1) is 18.4 Å². The Morgan fingerprint density at radius 1 is 1.23 bits per heavy atom. The maximum Gasteiger partial charge on any atom is 0.338 e. The molecule has 0 spiro atoms. The summed E-state index contributed by atoms with van der Waals surface area (Å²) in [5, 5.41) is 7.14. The monoisotopic (exact) mass is 300 g/mol. The molecule has 0 saturated carbocycles. The zero-order chi connectivity index (χ0) is 15.9. The van der Waals surface area contributed by atoms with E-state index in [9.17, 15) is 4.79 Å². The molecule has 0 saturated heterocycles. The number of nitrogens with two attached hydrogens (primary N) is 2. The maximum absolute atomic E-state index is 11.6. The highest BCUT2D eigenvalue weighted by Crippen LogP contribution is 2.22. The molecule has 2 rings (SSSR count). The van der Waals surface area contributed by atoms with E-state index in [0.29, 0.717) is 23.7 Å². The van der Waals surface area contributed by atoms with Crippen LogP contribution in [-0.2, 0) is 4.74 Å². The number of carbonyl (C=O) groups excluding carboxylic acids is 1. The van der Waals surface area contributed by atoms with E-state index in [1.807, 2.05) is 0 Å². The molecular formula is C15H16N4O3. The molecule has 1 aromatic heterocycles. The highest BCUT2D eigenvalue weighted by molar-refractivity contribution is 5.90. The van der Waals surface area contributed by atoms with Gasteiger partial charge < -0.3 is 20.6 Å². The van der Waals surface area contributed by atoms with E-state index in [2.05, 4.69) is 10.2 Å². The zero-order valence-corrected chi connectivity index (χ0v) is 12.0. The Kier molecular flexibility index (Phi) is 4.92. The summed E-state index contributed by atoms with van der Waals surface area (Å²) in [7, 11) is 0. The summed E-state index contributed by atoms with van der Waals surface area (Å²) in [5.74, 6) is 0.673. The van der Waals surface area contributed by atoms with Crippen molar-refractivity contribution in [3.8, 4) is 11.3 Å². The number of esters is 1. The predicted molar refractivity (Wildman–Crippen MR) is 83.5 cm³/mol. The van der Waals surface area contributed by atoms with E-state index in [-0.39, 0.29) is 11.9 Å². The second kappa shape index (κ2) is 7.07. The SMILES string of the molecule is CCOC(=O)c1ccc(-c2ccc(/C=N\N=C(N)N)o2)cc1. The largest absolute Gasteiger partial charge is 0.462 e. The van der Waals surface area contributed by atoms with Gasteiger partial charge in [-0.2, -0.15) is 5.10 Å². The molecular weight excluding hydrogens is 284 g/mol. The van der Waals surface area contributed by atoms with Crippen molar-refractivity contribution in [3.05, 3.63) is 47.7 Å². The van der Waals surface area contributed by atoms with Gasteiger partial charge in [-0.15, -0.1) is 5.10 Å². The van der Waals surface area contributed by atoms with Crippen molar-refractivity contribution in [2.24, 2.45) is 21.7 Å². The summed E-state index contributed by atoms with van der Waals surface area (Å²) in [6, 6.07) is 10.5. The van der Waals surface area contributed by atoms with Crippen LogP contribution in [0.3, 0.4) is 0 Å². The lowest BCUT2D eigenvalue weighted by Crippen LogP contribution is -2.21. The number of furan rings is 1. The Balaban J connectivity index is 2.12. The predicted octanol–water partition coefficient (Wildman–Crippen LogP) is 1.73. The molecule has 7 heteroatoms. The topological polar surface area (TPSA) is 116 Å². The van der Waals surface area contributed by atoms with Gasteiger partial charge in [0.15, 0.2) is 0 Å². The van der Waals surface area contributed by atoms with Crippen molar-refractivity contribution in [3.63, 3.8) is 0 Å². The molecule has 114 valence electrons. The average molecular weight is 300 g/mol. The van der Waals surface area contributed by atoms with Crippen LogP contribution in [0, 0.1) is 0 Å². The third kappa shape index (κ3) is 3.95. The van der Waals surface area contributed by atoms with E-state index in [1.54, 1.807) is 43.3 Å². The Hall–Kier alpha value is -3.09. The van der Waals surface area contributed by atoms with Gasteiger partial charge in [-0.05, 0) is 31.2 Å². The lowest BCUT2D eigenvalue weighted by atomic mass is 10.1. The van der Waals surface area contributed by atoms with Crippen LogP contribution in [0.15, 0.2) is 51.0 Å². The van der Waals surface area contributed by atoms with Crippen LogP contribution in [-0.4, -0.2) is 24.8 Å². The number of hydrogen-bond donors (Lipinski definition) is 2. The summed E-state index contributed by atoms with van der Waals surface area (Å²) in [4.78, 5) is 11.6. The fourth-order valence-corrected chi connectivity index (χ4v) is 1.71. The lowest BCUT2D eigenvalue weighted by molar-refractivity contribution is 0.0526. The Labute approximate surface area is 127 Å². The normalized spacial score (nSPS) is 10.6. The molecule has 4 N–H and O–H groups in total. The average Bonchev–Trinajstić information content (AvgIpc) is 2.96. The molecule has 0 atom stereocenters. The molecule has 0 fully saturated rings. The molecule has 1 aromatic carbocycles. The Bertz CT molecular complexity index is 698. The minimum absolute atomic E-state index is 0.127. The smallest absolute Gasteiger partial charge is 0.338 e. The van der Waals surface area contributed by atoms with E-state index in [1.165, 1.54) is 6.21 Å². The molecule has 2 aromatic rings. The number of benzene rings is 1. The van der Waals surface area contributed by atoms with Crippen molar-refractivity contribution in [1.29, 1.82) is 0 Å². The van der Waals surface area contributed by atoms with Crippen molar-refractivity contribution < 1.29 is 13.9 Å². The van der Waals surface area contributed by atoms with E-state index in [4.69, 9.17) is 20.6 Å². The molecule has 0 unspecified atom stereocenters. The molecule has 0 radical (unpaired) electrons. The first-order chi connectivity index (χ1) is 10.6. The minimum atomic E-state index is -0.349. The molecule has 0 aliphatic carbocycles. The summed E-state index contributed by atoms with van der Waals surface area (Å²) in [5.41, 5.74) is 11.6. The lowest BCUT2D eigenvalue weighted by Gasteiger charge is -2.02. The number of rotatable bonds is 5. The van der Waals surface area contributed by atoms with Crippen LogP contribution in [0.4, 0.5) is 0 Å². The van der Waals surface area contributed by atoms with Crippen LogP contribution in [0.5, 0.6) is 0 Å². The molecule has 0 aliphatic rings. The second-order valence-corrected chi connectivity index (χ2v) is 4.27. The molecule has 7 nitrogen and oxygen atoms in total. The van der Waals surface area contributed by atoms with Crippen molar-refractivity contribution >= 4 is 18.1 Å². The highest BCUT2D eigenvalue weighted by atomic mass is 16.5. The van der Waals surface area contributed by atoms with Crippen LogP contribution >= 0.6 is 0 Å². The van der Waals surface area contributed by atoms with Gasteiger partial charge in [0.2, 0.25) is 5.96 Å². The quantitative estimate of drug-likeness (QED) is 0.377. The fraction of sp³-hybridized carbons (Fsp3) is 0.133. The number of hydrogen-bond acceptors (Lipinski definition) is 5. The molecule has 1 heterocycles. The minimum Gasteiger partial charge on any atom is -0.462 e. The first kappa shape index (κ1) is 15.3. The van der Waals surface area contributed by atoms with Gasteiger partial charge in [0.25, 0.3) is 0 Å². The van der Waals surface area contributed by atoms with E-state index >= 15 is 0 Å². The van der Waals surface area contributed by atoms with Gasteiger partial charge in [0, 0.05) is 5.56 Å². The van der Waals surface area contributed by atoms with Crippen molar-refractivity contribution in [1.82, 2.24) is 0 Å². The zero-order valence-electron chi connectivity index (χ0n) is 12.0. The maximum atomic E-state index is 11.6. The number of nitrogens with zero attached hydrogens (tertiary/aromatic N) is 2. The number of ether oxygens (including phenoxy) is 1. The number of guanidine groups is 1. The molecule has 22 heavy (non-hydrogen) atoms. The van der Waals surface area contributed by atoms with Crippen LogP contribution in [0.2, 0.25) is 0 Å². The summed E-state index contributed by atoms with van der Waals surface area (Å²) in [6.07, 6.45) is 1.40. The number of carbonyl (C=O) groups is 1. The second-order valence-electron chi connectivity index (χ2n) is 4.27. The first-order valence-corrected chi connectivity index (χ1v) is 6.59. The van der Waals surface area contributed by atoms with Gasteiger partial charge in [-0.1, -0.05) is 12.1 Å². The first-order valence-electron chi connectivity index (χ1n) is 6.59. The van der Waals surface area contributed by atoms with E-state index < -0.39 is 0 Å². The van der Waals surface area contributed by atoms with Gasteiger partial charge in [0.1, 0.15) is 11.5 Å². The summed E-state index contributed by atoms with van der Waals surface area (Å²) >= 11 is 0. The van der Waals surface area contributed by atoms with E-state index in [0.717, 1.165) is 5.56 Å². The third-order valence-electron chi connectivity index (χ3n) is 2.67.